The lowest BCUT2D eigenvalue weighted by atomic mass is 10.1. The molecular weight excluding hydrogens is 236 g/mol. The summed E-state index contributed by atoms with van der Waals surface area (Å²) < 4.78 is 0. The van der Waals surface area contributed by atoms with Crippen LogP contribution in [0.3, 0.4) is 0 Å². The van der Waals surface area contributed by atoms with Crippen LogP contribution in [0.25, 0.3) is 0 Å². The van der Waals surface area contributed by atoms with E-state index in [4.69, 9.17) is 0 Å². The molecule has 0 spiro atoms. The quantitative estimate of drug-likeness (QED) is 0.831. The van der Waals surface area contributed by atoms with E-state index in [2.05, 4.69) is 37.8 Å². The van der Waals surface area contributed by atoms with E-state index in [0.29, 0.717) is 6.54 Å². The number of carbonyl (C=O) groups is 1. The fourth-order valence-electron chi connectivity index (χ4n) is 2.58. The molecule has 3 nitrogen and oxygen atoms in total. The molecule has 0 atom stereocenters. The molecule has 1 aromatic carbocycles. The summed E-state index contributed by atoms with van der Waals surface area (Å²) in [5, 5.41) is 0. The number of hydrogen-bond acceptors (Lipinski definition) is 2. The Balaban J connectivity index is 2.07. The van der Waals surface area contributed by atoms with Gasteiger partial charge in [-0.15, -0.1) is 0 Å². The van der Waals surface area contributed by atoms with Crippen LogP contribution in [0, 0.1) is 13.8 Å². The average Bonchev–Trinajstić information content (AvgIpc) is 2.40. The molecule has 2 rings (SSSR count). The number of nitrogens with zero attached hydrogens (tertiary/aromatic N) is 2. The molecule has 3 heteroatoms. The van der Waals surface area contributed by atoms with Gasteiger partial charge < -0.3 is 4.90 Å². The van der Waals surface area contributed by atoms with Gasteiger partial charge in [-0.25, -0.2) is 0 Å². The summed E-state index contributed by atoms with van der Waals surface area (Å²) in [5.41, 5.74) is 3.55. The zero-order valence-corrected chi connectivity index (χ0v) is 12.3. The standard InChI is InChI=1S/C16H24N2O/c1-4-5-9-17-10-11-18(16(19)12-17)15-8-6-7-13(2)14(15)3/h6-8H,4-5,9-12H2,1-3H3. The predicted molar refractivity (Wildman–Crippen MR) is 79.6 cm³/mol. The molecule has 1 aromatic rings. The van der Waals surface area contributed by atoms with Crippen LogP contribution in [0.15, 0.2) is 18.2 Å². The number of amides is 1. The van der Waals surface area contributed by atoms with Gasteiger partial charge in [0.05, 0.1) is 6.54 Å². The lowest BCUT2D eigenvalue weighted by molar-refractivity contribution is -0.121. The number of benzene rings is 1. The Morgan fingerprint density at radius 2 is 2.00 bits per heavy atom. The molecule has 0 unspecified atom stereocenters. The molecule has 0 bridgehead atoms. The maximum Gasteiger partial charge on any atom is 0.241 e. The van der Waals surface area contributed by atoms with Gasteiger partial charge in [-0.2, -0.15) is 0 Å². The zero-order valence-electron chi connectivity index (χ0n) is 12.3. The van der Waals surface area contributed by atoms with Gasteiger partial charge in [-0.3, -0.25) is 9.69 Å². The maximum absolute atomic E-state index is 12.3. The monoisotopic (exact) mass is 260 g/mol. The minimum absolute atomic E-state index is 0.232. The Kier molecular flexibility index (Phi) is 4.59. The Bertz CT molecular complexity index is 456. The second kappa shape index (κ2) is 6.20. The van der Waals surface area contributed by atoms with Gasteiger partial charge in [0.25, 0.3) is 0 Å². The minimum Gasteiger partial charge on any atom is -0.310 e. The molecule has 0 saturated carbocycles. The SMILES string of the molecule is CCCCN1CCN(c2cccc(C)c2C)C(=O)C1. The van der Waals surface area contributed by atoms with Crippen molar-refractivity contribution in [3.8, 4) is 0 Å². The molecule has 104 valence electrons. The molecule has 0 radical (unpaired) electrons. The Labute approximate surface area is 116 Å². The number of rotatable bonds is 4. The van der Waals surface area contributed by atoms with E-state index in [9.17, 15) is 4.79 Å². The number of piperazine rings is 1. The molecule has 1 aliphatic heterocycles. The first-order valence-corrected chi connectivity index (χ1v) is 7.22. The topological polar surface area (TPSA) is 23.6 Å². The summed E-state index contributed by atoms with van der Waals surface area (Å²) in [6.45, 7) is 9.79. The van der Waals surface area contributed by atoms with E-state index in [1.54, 1.807) is 0 Å². The highest BCUT2D eigenvalue weighted by molar-refractivity contribution is 5.96. The minimum atomic E-state index is 0.232. The molecule has 0 aromatic heterocycles. The van der Waals surface area contributed by atoms with Gasteiger partial charge in [0.1, 0.15) is 0 Å². The zero-order chi connectivity index (χ0) is 13.8. The summed E-state index contributed by atoms with van der Waals surface area (Å²) >= 11 is 0. The molecule has 1 heterocycles. The van der Waals surface area contributed by atoms with Crippen LogP contribution in [0.1, 0.15) is 30.9 Å². The molecule has 0 N–H and O–H groups in total. The average molecular weight is 260 g/mol. The van der Waals surface area contributed by atoms with E-state index >= 15 is 0 Å². The van der Waals surface area contributed by atoms with Crippen LogP contribution >= 0.6 is 0 Å². The van der Waals surface area contributed by atoms with Gasteiger partial charge in [-0.05, 0) is 44.0 Å². The van der Waals surface area contributed by atoms with Crippen LogP contribution in [0.2, 0.25) is 0 Å². The Morgan fingerprint density at radius 1 is 1.21 bits per heavy atom. The molecule has 19 heavy (non-hydrogen) atoms. The largest absolute Gasteiger partial charge is 0.310 e. The van der Waals surface area contributed by atoms with E-state index < -0.39 is 0 Å². The van der Waals surface area contributed by atoms with E-state index in [0.717, 1.165) is 25.3 Å². The lowest BCUT2D eigenvalue weighted by Gasteiger charge is -2.35. The van der Waals surface area contributed by atoms with Crippen molar-refractivity contribution in [3.05, 3.63) is 29.3 Å². The first-order chi connectivity index (χ1) is 9.13. The summed E-state index contributed by atoms with van der Waals surface area (Å²) in [7, 11) is 0. The number of carbonyl (C=O) groups excluding carboxylic acids is 1. The fourth-order valence-corrected chi connectivity index (χ4v) is 2.58. The highest BCUT2D eigenvalue weighted by Crippen LogP contribution is 2.24. The molecule has 1 amide bonds. The van der Waals surface area contributed by atoms with Gasteiger partial charge >= 0.3 is 0 Å². The van der Waals surface area contributed by atoms with Crippen molar-refractivity contribution in [1.82, 2.24) is 4.90 Å². The van der Waals surface area contributed by atoms with Gasteiger partial charge in [0.15, 0.2) is 0 Å². The second-order valence-corrected chi connectivity index (χ2v) is 5.39. The molecule has 1 aliphatic rings. The second-order valence-electron chi connectivity index (χ2n) is 5.39. The Hall–Kier alpha value is -1.35. The van der Waals surface area contributed by atoms with Crippen molar-refractivity contribution in [2.45, 2.75) is 33.6 Å². The summed E-state index contributed by atoms with van der Waals surface area (Å²) in [5.74, 6) is 0.232. The summed E-state index contributed by atoms with van der Waals surface area (Å²) in [6.07, 6.45) is 2.36. The van der Waals surface area contributed by atoms with Gasteiger partial charge in [-0.1, -0.05) is 25.5 Å². The number of hydrogen-bond donors (Lipinski definition) is 0. The fraction of sp³-hybridized carbons (Fsp3) is 0.562. The van der Waals surface area contributed by atoms with Crippen molar-refractivity contribution in [1.29, 1.82) is 0 Å². The van der Waals surface area contributed by atoms with E-state index in [-0.39, 0.29) is 5.91 Å². The predicted octanol–water partition coefficient (Wildman–Crippen LogP) is 2.75. The number of anilines is 1. The van der Waals surface area contributed by atoms with Crippen molar-refractivity contribution >= 4 is 11.6 Å². The van der Waals surface area contributed by atoms with Crippen LogP contribution < -0.4 is 4.90 Å². The lowest BCUT2D eigenvalue weighted by Crippen LogP contribution is -2.50. The van der Waals surface area contributed by atoms with Gasteiger partial charge in [0.2, 0.25) is 5.91 Å². The molecule has 1 fully saturated rings. The van der Waals surface area contributed by atoms with Crippen molar-refractivity contribution in [3.63, 3.8) is 0 Å². The first-order valence-electron chi connectivity index (χ1n) is 7.22. The maximum atomic E-state index is 12.3. The smallest absolute Gasteiger partial charge is 0.241 e. The molecule has 0 aliphatic carbocycles. The highest BCUT2D eigenvalue weighted by atomic mass is 16.2. The van der Waals surface area contributed by atoms with Crippen LogP contribution in [0.5, 0.6) is 0 Å². The summed E-state index contributed by atoms with van der Waals surface area (Å²) in [6, 6.07) is 6.19. The molecule has 1 saturated heterocycles. The van der Waals surface area contributed by atoms with Crippen LogP contribution in [-0.4, -0.2) is 37.0 Å². The number of aryl methyl sites for hydroxylation is 1. The summed E-state index contributed by atoms with van der Waals surface area (Å²) in [4.78, 5) is 16.5. The number of unbranched alkanes of at least 4 members (excludes halogenated alkanes) is 1. The van der Waals surface area contributed by atoms with Crippen molar-refractivity contribution < 1.29 is 4.79 Å². The van der Waals surface area contributed by atoms with E-state index in [1.807, 2.05) is 11.0 Å². The third-order valence-corrected chi connectivity index (χ3v) is 3.99. The van der Waals surface area contributed by atoms with Gasteiger partial charge in [0, 0.05) is 18.8 Å². The third-order valence-electron chi connectivity index (χ3n) is 3.99. The van der Waals surface area contributed by atoms with Crippen LogP contribution in [-0.2, 0) is 4.79 Å². The molecular formula is C16H24N2O. The van der Waals surface area contributed by atoms with Crippen molar-refractivity contribution in [2.24, 2.45) is 0 Å². The van der Waals surface area contributed by atoms with E-state index in [1.165, 1.54) is 24.0 Å². The third kappa shape index (κ3) is 3.16. The van der Waals surface area contributed by atoms with Crippen LogP contribution in [0.4, 0.5) is 5.69 Å². The normalized spacial score (nSPS) is 17.0. The Morgan fingerprint density at radius 3 is 2.68 bits per heavy atom. The first kappa shape index (κ1) is 14.1. The van der Waals surface area contributed by atoms with Crippen molar-refractivity contribution in [2.75, 3.05) is 31.1 Å². The highest BCUT2D eigenvalue weighted by Gasteiger charge is 2.25.